The van der Waals surface area contributed by atoms with Crippen LogP contribution in [0.5, 0.6) is 0 Å². The molecule has 0 aromatic heterocycles. The zero-order valence-electron chi connectivity index (χ0n) is 9.71. The molecule has 6 atom stereocenters. The lowest BCUT2D eigenvalue weighted by Gasteiger charge is -2.66. The molecule has 0 spiro atoms. The molecule has 8 aliphatic rings. The molecule has 8 fully saturated rings. The Balaban J connectivity index is 1.73. The Morgan fingerprint density at radius 1 is 0.875 bits per heavy atom. The van der Waals surface area contributed by atoms with Crippen LogP contribution < -0.4 is 0 Å². The van der Waals surface area contributed by atoms with Crippen molar-refractivity contribution in [3.8, 4) is 0 Å². The average Bonchev–Trinajstić information content (AvgIpc) is 2.79. The second kappa shape index (κ2) is 1.99. The van der Waals surface area contributed by atoms with Gasteiger partial charge in [-0.05, 0) is 25.7 Å². The fraction of sp³-hybridized carbons (Fsp3) is 1.00. The highest BCUT2D eigenvalue weighted by atomic mass is 16.1. The number of fused-ring (bicyclic) bond motifs is 2. The topological polar surface area (TPSA) is 13.0 Å². The molecule has 0 amide bonds. The van der Waals surface area contributed by atoms with E-state index in [1.165, 1.54) is 32.4 Å². The zero-order chi connectivity index (χ0) is 10.2. The van der Waals surface area contributed by atoms with E-state index in [9.17, 15) is 0 Å². The van der Waals surface area contributed by atoms with E-state index >= 15 is 0 Å². The van der Waals surface area contributed by atoms with Crippen molar-refractivity contribution >= 4 is 0 Å². The molecule has 8 rings (SSSR count). The van der Waals surface area contributed by atoms with Crippen LogP contribution in [0.25, 0.3) is 0 Å². The van der Waals surface area contributed by atoms with E-state index < -0.39 is 0 Å². The smallest absolute Gasteiger partial charge is 0.0821 e. The van der Waals surface area contributed by atoms with Crippen LogP contribution in [0.2, 0.25) is 0 Å². The fourth-order valence-corrected chi connectivity index (χ4v) is 6.46. The van der Waals surface area contributed by atoms with Crippen molar-refractivity contribution in [2.24, 2.45) is 11.3 Å². The lowest BCUT2D eigenvalue weighted by atomic mass is 9.51. The molecule has 6 heterocycles. The lowest BCUT2D eigenvalue weighted by Crippen LogP contribution is -2.76. The zero-order valence-corrected chi connectivity index (χ0v) is 9.71. The summed E-state index contributed by atoms with van der Waals surface area (Å²) < 4.78 is 0. The number of hydrazine groups is 3. The minimum Gasteiger partial charge on any atom is -0.207 e. The minimum atomic E-state index is 0.624. The van der Waals surface area contributed by atoms with Crippen LogP contribution >= 0.6 is 0 Å². The van der Waals surface area contributed by atoms with E-state index in [0.29, 0.717) is 5.41 Å². The average molecular weight is 218 g/mol. The molecule has 0 aromatic carbocycles. The van der Waals surface area contributed by atoms with Crippen molar-refractivity contribution in [3.63, 3.8) is 0 Å². The first-order valence-electron chi connectivity index (χ1n) is 6.93. The maximum Gasteiger partial charge on any atom is 0.0821 e. The number of hydrogen-bond donors (Lipinski definition) is 0. The van der Waals surface area contributed by atoms with E-state index in [1.807, 2.05) is 0 Å². The molecule has 0 aromatic rings. The first-order valence-corrected chi connectivity index (χ1v) is 6.93. The van der Waals surface area contributed by atoms with Gasteiger partial charge in [0.05, 0.1) is 6.67 Å². The number of rotatable bonds is 0. The summed E-state index contributed by atoms with van der Waals surface area (Å²) in [5, 5.41) is 10.7. The van der Waals surface area contributed by atoms with Crippen molar-refractivity contribution in [1.29, 1.82) is 0 Å². The summed E-state index contributed by atoms with van der Waals surface area (Å²) in [7, 11) is 0. The van der Waals surface area contributed by atoms with Crippen LogP contribution in [0.3, 0.4) is 0 Å². The molecular formula is C12H18N4. The molecule has 2 aliphatic carbocycles. The number of nitrogens with zero attached hydrogens (tertiary/aromatic N) is 4. The van der Waals surface area contributed by atoms with Crippen molar-refractivity contribution in [2.75, 3.05) is 6.67 Å². The van der Waals surface area contributed by atoms with Gasteiger partial charge in [0.1, 0.15) is 0 Å². The van der Waals surface area contributed by atoms with Gasteiger partial charge in [-0.1, -0.05) is 6.92 Å². The highest BCUT2D eigenvalue weighted by molar-refractivity contribution is 5.24. The Hall–Kier alpha value is -0.160. The van der Waals surface area contributed by atoms with Crippen molar-refractivity contribution in [3.05, 3.63) is 0 Å². The third-order valence-electron chi connectivity index (χ3n) is 6.80. The van der Waals surface area contributed by atoms with Gasteiger partial charge in [-0.15, -0.1) is 0 Å². The van der Waals surface area contributed by atoms with Crippen LogP contribution in [-0.4, -0.2) is 51.1 Å². The molecule has 4 nitrogen and oxygen atoms in total. The van der Waals surface area contributed by atoms with Gasteiger partial charge in [0, 0.05) is 35.5 Å². The van der Waals surface area contributed by atoms with E-state index in [2.05, 4.69) is 27.2 Å². The molecule has 7 bridgehead atoms. The van der Waals surface area contributed by atoms with Gasteiger partial charge in [-0.2, -0.15) is 10.2 Å². The molecule has 2 unspecified atom stereocenters. The van der Waals surface area contributed by atoms with E-state index in [1.54, 1.807) is 0 Å². The normalized spacial score (nSPS) is 66.9. The van der Waals surface area contributed by atoms with Crippen LogP contribution in [-0.2, 0) is 0 Å². The van der Waals surface area contributed by atoms with Gasteiger partial charge in [0.15, 0.2) is 0 Å². The Morgan fingerprint density at radius 3 is 2.00 bits per heavy atom. The van der Waals surface area contributed by atoms with E-state index in [-0.39, 0.29) is 0 Å². The van der Waals surface area contributed by atoms with Crippen LogP contribution in [0.15, 0.2) is 0 Å². The largest absolute Gasteiger partial charge is 0.207 e. The fourth-order valence-electron chi connectivity index (χ4n) is 6.46. The highest BCUT2D eigenvalue weighted by Gasteiger charge is 2.79. The van der Waals surface area contributed by atoms with Gasteiger partial charge in [0.25, 0.3) is 0 Å². The molecule has 86 valence electrons. The van der Waals surface area contributed by atoms with Crippen LogP contribution in [0, 0.1) is 11.3 Å². The van der Waals surface area contributed by atoms with Crippen molar-refractivity contribution in [1.82, 2.24) is 20.3 Å². The molecule has 2 saturated carbocycles. The summed E-state index contributed by atoms with van der Waals surface area (Å²) in [5.41, 5.74) is 0.624. The van der Waals surface area contributed by atoms with Gasteiger partial charge in [-0.3, -0.25) is 0 Å². The molecule has 6 aliphatic heterocycles. The second-order valence-corrected chi connectivity index (χ2v) is 6.87. The van der Waals surface area contributed by atoms with Crippen molar-refractivity contribution in [2.45, 2.75) is 56.8 Å². The predicted molar refractivity (Wildman–Crippen MR) is 57.4 cm³/mol. The Morgan fingerprint density at radius 2 is 1.44 bits per heavy atom. The summed E-state index contributed by atoms with van der Waals surface area (Å²) in [6.45, 7) is 3.81. The SMILES string of the molecule is CC12C3[C@H]4CC[C@@H]1N1N4CN4[C@H]3CC[C@H]2N41. The minimum absolute atomic E-state index is 0.624. The predicted octanol–water partition coefficient (Wildman–Crippen LogP) is 0.636. The maximum atomic E-state index is 2.70. The van der Waals surface area contributed by atoms with E-state index in [4.69, 9.17) is 0 Å². The molecular weight excluding hydrogens is 200 g/mol. The molecule has 16 heavy (non-hydrogen) atoms. The summed E-state index contributed by atoms with van der Waals surface area (Å²) in [6, 6.07) is 3.43. The Kier molecular flexibility index (Phi) is 0.997. The lowest BCUT2D eigenvalue weighted by molar-refractivity contribution is -0.222. The third-order valence-corrected chi connectivity index (χ3v) is 6.80. The van der Waals surface area contributed by atoms with Gasteiger partial charge < -0.3 is 0 Å². The standard InChI is InChI=1S/C12H18N4/c1-12-9-4-2-7-11(12)8-3-5-10(12)16-14(8)6-13(7)15(9)16/h7-11H,2-6H2,1H3/t7-,8+,9+,10-,11?,12?. The molecule has 6 saturated heterocycles. The summed E-state index contributed by atoms with van der Waals surface area (Å²) in [5.74, 6) is 0.980. The summed E-state index contributed by atoms with van der Waals surface area (Å²) in [6.07, 6.45) is 5.82. The first kappa shape index (κ1) is 8.03. The molecule has 0 N–H and O–H groups in total. The second-order valence-electron chi connectivity index (χ2n) is 6.87. The summed E-state index contributed by atoms with van der Waals surface area (Å²) >= 11 is 0. The Labute approximate surface area is 95.7 Å². The number of hydrogen-bond acceptors (Lipinski definition) is 4. The van der Waals surface area contributed by atoms with Crippen LogP contribution in [0.4, 0.5) is 0 Å². The van der Waals surface area contributed by atoms with Gasteiger partial charge in [0.2, 0.25) is 0 Å². The maximum absolute atomic E-state index is 2.70. The summed E-state index contributed by atoms with van der Waals surface area (Å²) in [4.78, 5) is 0. The first-order chi connectivity index (χ1) is 7.82. The highest BCUT2D eigenvalue weighted by Crippen LogP contribution is 2.69. The van der Waals surface area contributed by atoms with E-state index in [0.717, 1.165) is 30.1 Å². The third kappa shape index (κ3) is 0.496. The van der Waals surface area contributed by atoms with Crippen LogP contribution in [0.1, 0.15) is 32.6 Å². The molecule has 0 radical (unpaired) electrons. The quantitative estimate of drug-likeness (QED) is 0.591. The van der Waals surface area contributed by atoms with Gasteiger partial charge in [-0.25, -0.2) is 10.0 Å². The van der Waals surface area contributed by atoms with Crippen molar-refractivity contribution < 1.29 is 0 Å². The van der Waals surface area contributed by atoms with Gasteiger partial charge >= 0.3 is 0 Å². The monoisotopic (exact) mass is 218 g/mol. The molecule has 4 heteroatoms. The Bertz CT molecular complexity index is 374.